The highest BCUT2D eigenvalue weighted by Gasteiger charge is 2.20. The average Bonchev–Trinajstić information content (AvgIpc) is 2.03. The van der Waals surface area contributed by atoms with Gasteiger partial charge in [-0.2, -0.15) is 0 Å². The van der Waals surface area contributed by atoms with Crippen LogP contribution in [0.25, 0.3) is 0 Å². The molecule has 0 amide bonds. The highest BCUT2D eigenvalue weighted by molar-refractivity contribution is 5.83. The normalized spacial score (nSPS) is 24.0. The van der Waals surface area contributed by atoms with E-state index in [-0.39, 0.29) is 6.61 Å². The van der Waals surface area contributed by atoms with Crippen LogP contribution in [-0.4, -0.2) is 30.9 Å². The van der Waals surface area contributed by atoms with E-state index in [4.69, 9.17) is 14.6 Å². The van der Waals surface area contributed by atoms with Gasteiger partial charge in [-0.1, -0.05) is 0 Å². The Morgan fingerprint density at radius 3 is 3.18 bits per heavy atom. The Kier molecular flexibility index (Phi) is 2.48. The predicted molar refractivity (Wildman–Crippen MR) is 36.7 cm³/mol. The lowest BCUT2D eigenvalue weighted by molar-refractivity contribution is -0.147. The number of carbonyl (C=O) groups excluding carboxylic acids is 1. The Morgan fingerprint density at radius 2 is 2.64 bits per heavy atom. The van der Waals surface area contributed by atoms with Gasteiger partial charge in [-0.15, -0.1) is 0 Å². The van der Waals surface area contributed by atoms with Crippen molar-refractivity contribution in [2.75, 3.05) is 13.7 Å². The monoisotopic (exact) mass is 158 g/mol. The summed E-state index contributed by atoms with van der Waals surface area (Å²) < 4.78 is 9.57. The number of ether oxygens (including phenoxy) is 2. The predicted octanol–water partition coefficient (Wildman–Crippen LogP) is -0.176. The number of rotatable bonds is 2. The second kappa shape index (κ2) is 3.39. The molecule has 0 fully saturated rings. The van der Waals surface area contributed by atoms with Gasteiger partial charge in [0.15, 0.2) is 0 Å². The van der Waals surface area contributed by atoms with Crippen LogP contribution in [0.15, 0.2) is 11.8 Å². The van der Waals surface area contributed by atoms with Gasteiger partial charge < -0.3 is 14.6 Å². The van der Waals surface area contributed by atoms with E-state index in [2.05, 4.69) is 0 Å². The summed E-state index contributed by atoms with van der Waals surface area (Å²) in [4.78, 5) is 10.7. The van der Waals surface area contributed by atoms with Crippen molar-refractivity contribution in [3.63, 3.8) is 0 Å². The molecule has 0 unspecified atom stereocenters. The molecule has 1 aliphatic heterocycles. The number of hydrogen-bond acceptors (Lipinski definition) is 4. The quantitative estimate of drug-likeness (QED) is 0.566. The van der Waals surface area contributed by atoms with Crippen LogP contribution in [0.3, 0.4) is 0 Å². The van der Waals surface area contributed by atoms with Gasteiger partial charge in [-0.05, 0) is 0 Å². The van der Waals surface area contributed by atoms with Crippen molar-refractivity contribution in [1.82, 2.24) is 0 Å². The summed E-state index contributed by atoms with van der Waals surface area (Å²) in [6.45, 7) is -0.160. The molecule has 0 aromatic rings. The maximum Gasteiger partial charge on any atom is 0.334 e. The lowest BCUT2D eigenvalue weighted by Crippen LogP contribution is -2.26. The van der Waals surface area contributed by atoms with Gasteiger partial charge in [0, 0.05) is 6.42 Å². The van der Waals surface area contributed by atoms with E-state index in [9.17, 15) is 4.79 Å². The number of cyclic esters (lactones) is 1. The fourth-order valence-corrected chi connectivity index (χ4v) is 0.899. The van der Waals surface area contributed by atoms with Crippen LogP contribution in [0.2, 0.25) is 0 Å². The fourth-order valence-electron chi connectivity index (χ4n) is 0.899. The minimum absolute atomic E-state index is 0.160. The van der Waals surface area contributed by atoms with Crippen molar-refractivity contribution in [1.29, 1.82) is 0 Å². The summed E-state index contributed by atoms with van der Waals surface area (Å²) in [5, 5.41) is 8.66. The molecular formula is C7H10O4. The lowest BCUT2D eigenvalue weighted by atomic mass is 10.2. The van der Waals surface area contributed by atoms with Crippen LogP contribution in [0, 0.1) is 0 Å². The van der Waals surface area contributed by atoms with Crippen LogP contribution in [0.4, 0.5) is 0 Å². The Labute approximate surface area is 64.4 Å². The van der Waals surface area contributed by atoms with Gasteiger partial charge in [-0.3, -0.25) is 0 Å². The molecule has 0 saturated carbocycles. The average molecular weight is 158 g/mol. The van der Waals surface area contributed by atoms with Crippen molar-refractivity contribution in [2.24, 2.45) is 0 Å². The first-order valence-electron chi connectivity index (χ1n) is 3.32. The smallest absolute Gasteiger partial charge is 0.334 e. The maximum absolute atomic E-state index is 10.7. The molecule has 0 radical (unpaired) electrons. The van der Waals surface area contributed by atoms with Gasteiger partial charge in [-0.25, -0.2) is 4.79 Å². The summed E-state index contributed by atoms with van der Waals surface area (Å²) in [5.41, 5.74) is 0. The second-order valence-electron chi connectivity index (χ2n) is 2.26. The topological polar surface area (TPSA) is 55.8 Å². The van der Waals surface area contributed by atoms with E-state index in [0.717, 1.165) is 0 Å². The molecule has 1 aliphatic rings. The molecule has 0 spiro atoms. The van der Waals surface area contributed by atoms with E-state index >= 15 is 0 Å². The zero-order valence-corrected chi connectivity index (χ0v) is 6.24. The minimum atomic E-state index is -0.452. The highest BCUT2D eigenvalue weighted by atomic mass is 16.6. The van der Waals surface area contributed by atoms with E-state index < -0.39 is 12.1 Å². The maximum atomic E-state index is 10.7. The van der Waals surface area contributed by atoms with Gasteiger partial charge >= 0.3 is 5.97 Å². The number of carbonyl (C=O) groups is 1. The molecule has 1 heterocycles. The van der Waals surface area contributed by atoms with Crippen LogP contribution < -0.4 is 0 Å². The first-order valence-corrected chi connectivity index (χ1v) is 3.32. The van der Waals surface area contributed by atoms with E-state index in [0.29, 0.717) is 12.2 Å². The number of esters is 1. The Balaban J connectivity index is 2.61. The molecule has 1 rings (SSSR count). The van der Waals surface area contributed by atoms with Crippen LogP contribution >= 0.6 is 0 Å². The summed E-state index contributed by atoms with van der Waals surface area (Å²) in [7, 11) is 1.48. The van der Waals surface area contributed by atoms with Crippen molar-refractivity contribution in [3.8, 4) is 0 Å². The summed E-state index contributed by atoms with van der Waals surface area (Å²) in [5.74, 6) is 0.104. The summed E-state index contributed by atoms with van der Waals surface area (Å²) in [6, 6.07) is 0. The van der Waals surface area contributed by atoms with Crippen molar-refractivity contribution >= 4 is 5.97 Å². The third-order valence-corrected chi connectivity index (χ3v) is 1.46. The number of aliphatic hydroxyl groups is 1. The van der Waals surface area contributed by atoms with Crippen molar-refractivity contribution < 1.29 is 19.4 Å². The number of methoxy groups -OCH3 is 1. The molecule has 4 nitrogen and oxygen atoms in total. The van der Waals surface area contributed by atoms with Crippen molar-refractivity contribution in [3.05, 3.63) is 11.8 Å². The zero-order valence-electron chi connectivity index (χ0n) is 6.24. The van der Waals surface area contributed by atoms with E-state index in [1.54, 1.807) is 0 Å². The molecule has 0 aromatic heterocycles. The summed E-state index contributed by atoms with van der Waals surface area (Å²) in [6.07, 6.45) is 1.30. The number of hydrogen-bond donors (Lipinski definition) is 1. The molecule has 0 aliphatic carbocycles. The standard InChI is InChI=1S/C7H10O4/c1-10-5-2-6(4-8)11-7(9)3-5/h3,6,8H,2,4H2,1H3/t6-/m1/s1. The molecule has 0 aromatic carbocycles. The molecule has 1 atom stereocenters. The molecule has 1 N–H and O–H groups in total. The molecule has 11 heavy (non-hydrogen) atoms. The fraction of sp³-hybridized carbons (Fsp3) is 0.571. The molecule has 0 saturated heterocycles. The number of aliphatic hydroxyl groups excluding tert-OH is 1. The first-order chi connectivity index (χ1) is 5.26. The minimum Gasteiger partial charge on any atom is -0.501 e. The largest absolute Gasteiger partial charge is 0.501 e. The Hall–Kier alpha value is -1.03. The third-order valence-electron chi connectivity index (χ3n) is 1.46. The molecule has 4 heteroatoms. The Morgan fingerprint density at radius 1 is 1.91 bits per heavy atom. The van der Waals surface area contributed by atoms with Gasteiger partial charge in [0.2, 0.25) is 0 Å². The highest BCUT2D eigenvalue weighted by Crippen LogP contribution is 2.14. The third kappa shape index (κ3) is 1.94. The van der Waals surface area contributed by atoms with E-state index in [1.807, 2.05) is 0 Å². The van der Waals surface area contributed by atoms with Gasteiger partial charge in [0.1, 0.15) is 11.9 Å². The lowest BCUT2D eigenvalue weighted by Gasteiger charge is -2.19. The van der Waals surface area contributed by atoms with Crippen LogP contribution in [-0.2, 0) is 14.3 Å². The van der Waals surface area contributed by atoms with Gasteiger partial charge in [0.25, 0.3) is 0 Å². The summed E-state index contributed by atoms with van der Waals surface area (Å²) >= 11 is 0. The molecule has 0 bridgehead atoms. The van der Waals surface area contributed by atoms with Crippen LogP contribution in [0.5, 0.6) is 0 Å². The second-order valence-corrected chi connectivity index (χ2v) is 2.26. The zero-order chi connectivity index (χ0) is 8.27. The molecule has 62 valence electrons. The SMILES string of the molecule is COC1=CC(=O)O[C@@H](CO)C1. The van der Waals surface area contributed by atoms with E-state index in [1.165, 1.54) is 13.2 Å². The first kappa shape index (κ1) is 8.07. The van der Waals surface area contributed by atoms with Crippen LogP contribution in [0.1, 0.15) is 6.42 Å². The Bertz CT molecular complexity index is 185. The van der Waals surface area contributed by atoms with Gasteiger partial charge in [0.05, 0.1) is 19.8 Å². The molecular weight excluding hydrogens is 148 g/mol. The van der Waals surface area contributed by atoms with Crippen molar-refractivity contribution in [2.45, 2.75) is 12.5 Å².